The van der Waals surface area contributed by atoms with Gasteiger partial charge < -0.3 is 25.6 Å². The number of alkyl halides is 3. The molecule has 8 nitrogen and oxygen atoms in total. The molecule has 0 fully saturated rings. The van der Waals surface area contributed by atoms with E-state index in [1.807, 2.05) is 19.3 Å². The van der Waals surface area contributed by atoms with Crippen LogP contribution in [0.15, 0.2) is 51.2 Å². The van der Waals surface area contributed by atoms with Crippen LogP contribution in [-0.4, -0.2) is 35.1 Å². The summed E-state index contributed by atoms with van der Waals surface area (Å²) in [7, 11) is 0. The van der Waals surface area contributed by atoms with E-state index in [1.165, 1.54) is 36.0 Å². The van der Waals surface area contributed by atoms with Crippen molar-refractivity contribution in [3.63, 3.8) is 0 Å². The van der Waals surface area contributed by atoms with Crippen molar-refractivity contribution in [2.75, 3.05) is 0 Å². The topological polar surface area (TPSA) is 123 Å². The highest BCUT2D eigenvalue weighted by Crippen LogP contribution is 2.38. The summed E-state index contributed by atoms with van der Waals surface area (Å²) in [6.07, 6.45) is -6.24. The van der Waals surface area contributed by atoms with Gasteiger partial charge in [-0.05, 0) is 86.9 Å². The molecule has 0 atom stereocenters. The molecule has 39 heavy (non-hydrogen) atoms. The summed E-state index contributed by atoms with van der Waals surface area (Å²) in [5.74, 6) is -0.640. The van der Waals surface area contributed by atoms with E-state index in [4.69, 9.17) is 10.5 Å². The third-order valence-corrected chi connectivity index (χ3v) is 6.51. The molecule has 212 valence electrons. The summed E-state index contributed by atoms with van der Waals surface area (Å²) in [5.41, 5.74) is 9.08. The van der Waals surface area contributed by atoms with Crippen LogP contribution in [0.5, 0.6) is 5.75 Å². The molecule has 0 radical (unpaired) electrons. The molecule has 0 bridgehead atoms. The molecule has 0 aliphatic heterocycles. The molecule has 0 spiro atoms. The predicted octanol–water partition coefficient (Wildman–Crippen LogP) is 7.37. The number of halogens is 3. The maximum Gasteiger partial charge on any atom is 0.573 e. The first-order valence-corrected chi connectivity index (χ1v) is 12.8. The van der Waals surface area contributed by atoms with Crippen molar-refractivity contribution in [2.45, 2.75) is 71.4 Å². The van der Waals surface area contributed by atoms with Crippen LogP contribution in [0.4, 0.5) is 22.8 Å². The summed E-state index contributed by atoms with van der Waals surface area (Å²) in [5, 5.41) is 13.8. The molecule has 2 rings (SSSR count). The zero-order chi connectivity index (χ0) is 29.5. The second-order valence-corrected chi connectivity index (χ2v) is 10.4. The fourth-order valence-corrected chi connectivity index (χ4v) is 4.52. The Hall–Kier alpha value is -3.67. The largest absolute Gasteiger partial charge is 0.573 e. The van der Waals surface area contributed by atoms with Gasteiger partial charge in [0.2, 0.25) is 0 Å². The average molecular weight is 568 g/mol. The van der Waals surface area contributed by atoms with Gasteiger partial charge in [-0.2, -0.15) is 4.99 Å². The number of alkyl carbamates (subject to hydrolysis) is 1. The minimum absolute atomic E-state index is 0.0906. The van der Waals surface area contributed by atoms with Crippen molar-refractivity contribution >= 4 is 29.8 Å². The van der Waals surface area contributed by atoms with Gasteiger partial charge in [0.25, 0.3) is 0 Å². The maximum atomic E-state index is 12.6. The van der Waals surface area contributed by atoms with Gasteiger partial charge in [-0.1, -0.05) is 36.4 Å². The Balaban J connectivity index is 2.73. The number of thioether (sulfide) groups is 1. The van der Waals surface area contributed by atoms with Crippen LogP contribution >= 0.6 is 11.8 Å². The number of nitrogens with two attached hydrogens (primary N) is 1. The lowest BCUT2D eigenvalue weighted by Gasteiger charge is -2.22. The Morgan fingerprint density at radius 3 is 2.31 bits per heavy atom. The molecule has 2 aromatic carbocycles. The van der Waals surface area contributed by atoms with Crippen molar-refractivity contribution in [1.29, 1.82) is 0 Å². The Kier molecular flexibility index (Phi) is 10.5. The third-order valence-electron chi connectivity index (χ3n) is 5.24. The number of ether oxygens (including phenoxy) is 2. The van der Waals surface area contributed by atoms with Gasteiger partial charge in [-0.15, -0.1) is 13.2 Å². The molecule has 0 heterocycles. The normalized spacial score (nSPS) is 12.7. The zero-order valence-corrected chi connectivity index (χ0v) is 23.3. The van der Waals surface area contributed by atoms with E-state index in [0.29, 0.717) is 32.7 Å². The Labute approximate surface area is 229 Å². The van der Waals surface area contributed by atoms with E-state index in [-0.39, 0.29) is 18.1 Å². The molecule has 2 aromatic rings. The SMILES string of the molecule is CC/C(C)=C/Sc1c(C)c(-c2ccc(OC(F)(F)F)cc2)cc(CNC(=O)OC(C)(C)C)c1/C(N)=N/C(=O)O. The smallest absolute Gasteiger partial charge is 0.463 e. The molecule has 0 aliphatic rings. The molecule has 0 saturated carbocycles. The molecule has 2 amide bonds. The number of allylic oxidation sites excluding steroid dienone is 1. The molecule has 0 unspecified atom stereocenters. The Morgan fingerprint density at radius 2 is 1.79 bits per heavy atom. The monoisotopic (exact) mass is 567 g/mol. The molecule has 0 aromatic heterocycles. The van der Waals surface area contributed by atoms with E-state index in [2.05, 4.69) is 15.0 Å². The number of rotatable bonds is 8. The minimum atomic E-state index is -4.83. The number of carboxylic acid groups (broad SMARTS) is 1. The fraction of sp³-hybridized carbons (Fsp3) is 0.370. The van der Waals surface area contributed by atoms with Gasteiger partial charge in [0, 0.05) is 17.0 Å². The van der Waals surface area contributed by atoms with Crippen LogP contribution in [0.3, 0.4) is 0 Å². The fourth-order valence-electron chi connectivity index (χ4n) is 3.40. The third kappa shape index (κ3) is 9.86. The lowest BCUT2D eigenvalue weighted by atomic mass is 9.93. The molecular weight excluding hydrogens is 535 g/mol. The lowest BCUT2D eigenvalue weighted by molar-refractivity contribution is -0.274. The van der Waals surface area contributed by atoms with Gasteiger partial charge in [0.15, 0.2) is 0 Å². The van der Waals surface area contributed by atoms with Crippen molar-refractivity contribution in [3.05, 3.63) is 58.0 Å². The quantitative estimate of drug-likeness (QED) is 0.173. The van der Waals surface area contributed by atoms with Crippen LogP contribution in [0.2, 0.25) is 0 Å². The van der Waals surface area contributed by atoms with E-state index >= 15 is 0 Å². The first kappa shape index (κ1) is 31.5. The van der Waals surface area contributed by atoms with E-state index in [1.54, 1.807) is 33.8 Å². The standard InChI is InChI=1S/C27H32F3N3O5S/c1-7-15(2)14-39-22-16(3)20(17-8-10-19(11-9-17)37-27(28,29)30)12-18(21(22)23(31)33-24(34)35)13-32-25(36)38-26(4,5)6/h8-12,14H,7,13H2,1-6H3,(H2,31,33)(H,32,36)(H,34,35)/b15-14+. The first-order chi connectivity index (χ1) is 18.0. The molecule has 0 saturated heterocycles. The zero-order valence-electron chi connectivity index (χ0n) is 22.5. The average Bonchev–Trinajstić information content (AvgIpc) is 2.79. The number of amides is 2. The van der Waals surface area contributed by atoms with E-state index < -0.39 is 24.1 Å². The first-order valence-electron chi connectivity index (χ1n) is 11.9. The number of hydrogen-bond donors (Lipinski definition) is 3. The molecule has 0 aliphatic carbocycles. The minimum Gasteiger partial charge on any atom is -0.463 e. The number of benzene rings is 2. The van der Waals surface area contributed by atoms with Crippen molar-refractivity contribution < 1.29 is 37.3 Å². The van der Waals surface area contributed by atoms with Gasteiger partial charge in [-0.25, -0.2) is 9.59 Å². The second-order valence-electron chi connectivity index (χ2n) is 9.56. The summed E-state index contributed by atoms with van der Waals surface area (Å²) < 4.78 is 47.2. The van der Waals surface area contributed by atoms with Crippen molar-refractivity contribution in [2.24, 2.45) is 10.7 Å². The summed E-state index contributed by atoms with van der Waals surface area (Å²) >= 11 is 1.31. The van der Waals surface area contributed by atoms with Crippen LogP contribution in [0, 0.1) is 6.92 Å². The number of nitrogens with one attached hydrogen (secondary N) is 1. The summed E-state index contributed by atoms with van der Waals surface area (Å²) in [6.45, 7) is 10.7. The predicted molar refractivity (Wildman–Crippen MR) is 145 cm³/mol. The van der Waals surface area contributed by atoms with Gasteiger partial charge >= 0.3 is 18.5 Å². The Bertz CT molecular complexity index is 1270. The lowest BCUT2D eigenvalue weighted by Crippen LogP contribution is -2.33. The Morgan fingerprint density at radius 1 is 1.18 bits per heavy atom. The van der Waals surface area contributed by atoms with Crippen LogP contribution in [0.25, 0.3) is 11.1 Å². The molecular formula is C27H32F3N3O5S. The number of aliphatic imine (C=N–C) groups is 1. The van der Waals surface area contributed by atoms with Crippen molar-refractivity contribution in [1.82, 2.24) is 5.32 Å². The van der Waals surface area contributed by atoms with Crippen molar-refractivity contribution in [3.8, 4) is 16.9 Å². The van der Waals surface area contributed by atoms with Crippen LogP contribution in [-0.2, 0) is 11.3 Å². The van der Waals surface area contributed by atoms with Gasteiger partial charge in [0.05, 0.1) is 0 Å². The second kappa shape index (κ2) is 12.9. The molecule has 4 N–H and O–H groups in total. The number of carbonyl (C=O) groups is 2. The highest BCUT2D eigenvalue weighted by atomic mass is 32.2. The van der Waals surface area contributed by atoms with Gasteiger partial charge in [-0.3, -0.25) is 0 Å². The van der Waals surface area contributed by atoms with Gasteiger partial charge in [0.1, 0.15) is 17.2 Å². The number of hydrogen-bond acceptors (Lipinski definition) is 5. The number of amidine groups is 1. The number of carbonyl (C=O) groups excluding carboxylic acids is 1. The van der Waals surface area contributed by atoms with E-state index in [9.17, 15) is 27.9 Å². The molecule has 12 heteroatoms. The summed E-state index contributed by atoms with van der Waals surface area (Å²) in [6, 6.07) is 7.03. The maximum absolute atomic E-state index is 12.6. The van der Waals surface area contributed by atoms with Crippen LogP contribution in [0.1, 0.15) is 57.7 Å². The number of nitrogens with zero attached hydrogens (tertiary/aromatic N) is 1. The highest BCUT2D eigenvalue weighted by molar-refractivity contribution is 8.02. The highest BCUT2D eigenvalue weighted by Gasteiger charge is 2.31. The summed E-state index contributed by atoms with van der Waals surface area (Å²) in [4.78, 5) is 27.9. The van der Waals surface area contributed by atoms with E-state index in [0.717, 1.165) is 12.0 Å². The van der Waals surface area contributed by atoms with Crippen LogP contribution < -0.4 is 15.8 Å².